The number of carbonyl (C=O) groups is 2. The maximum atomic E-state index is 14.0. The van der Waals surface area contributed by atoms with Gasteiger partial charge in [-0.2, -0.15) is 10.1 Å². The van der Waals surface area contributed by atoms with E-state index in [1.807, 2.05) is 19.9 Å². The molecule has 9 nitrogen and oxygen atoms in total. The molecule has 0 bridgehead atoms. The zero-order valence-electron chi connectivity index (χ0n) is 21.4. The highest BCUT2D eigenvalue weighted by Crippen LogP contribution is 2.37. The summed E-state index contributed by atoms with van der Waals surface area (Å²) in [5, 5.41) is 4.46. The molecule has 1 aliphatic heterocycles. The van der Waals surface area contributed by atoms with Gasteiger partial charge in [0, 0.05) is 37.1 Å². The van der Waals surface area contributed by atoms with Crippen LogP contribution in [-0.4, -0.2) is 62.4 Å². The molecule has 1 atom stereocenters. The molecule has 196 valence electrons. The Morgan fingerprint density at radius 2 is 1.89 bits per heavy atom. The van der Waals surface area contributed by atoms with Crippen molar-refractivity contribution in [3.05, 3.63) is 29.2 Å². The van der Waals surface area contributed by atoms with E-state index in [2.05, 4.69) is 15.1 Å². The summed E-state index contributed by atoms with van der Waals surface area (Å²) in [6.45, 7) is 9.40. The standard InChI is InChI=1S/C25H33F2N5O4/c1-15-12-16(2)32(30-15)22-28-19(18-14-35-11-8-20(18)33)13-21(29-22)31(23(34)36-24(3,4)5)17-6-9-25(26,27)10-7-17/h12-13,17-18H,6-11,14H2,1-5H3. The number of amides is 1. The number of aryl methyl sites for hydroxylation is 2. The Kier molecular flexibility index (Phi) is 7.14. The van der Waals surface area contributed by atoms with Gasteiger partial charge in [-0.3, -0.25) is 9.69 Å². The summed E-state index contributed by atoms with van der Waals surface area (Å²) in [7, 11) is 0. The Labute approximate surface area is 209 Å². The molecular formula is C25H33F2N5O4. The second kappa shape index (κ2) is 9.84. The number of halogens is 2. The van der Waals surface area contributed by atoms with Crippen LogP contribution in [0.5, 0.6) is 0 Å². The first-order valence-corrected chi connectivity index (χ1v) is 12.3. The Hall–Kier alpha value is -2.95. The molecule has 11 heteroatoms. The molecular weight excluding hydrogens is 472 g/mol. The van der Waals surface area contributed by atoms with Gasteiger partial charge in [0.25, 0.3) is 5.95 Å². The van der Waals surface area contributed by atoms with Crippen LogP contribution in [-0.2, 0) is 14.3 Å². The number of rotatable bonds is 4. The van der Waals surface area contributed by atoms with Crippen LogP contribution in [0.3, 0.4) is 0 Å². The van der Waals surface area contributed by atoms with Crippen molar-refractivity contribution in [2.75, 3.05) is 18.1 Å². The van der Waals surface area contributed by atoms with Gasteiger partial charge in [-0.05, 0) is 53.5 Å². The number of carbonyl (C=O) groups excluding carboxylic acids is 2. The molecule has 2 aliphatic rings. The number of Topliss-reactive ketones (excluding diaryl/α,β-unsaturated/α-hetero) is 1. The molecule has 1 amide bonds. The zero-order valence-corrected chi connectivity index (χ0v) is 21.4. The van der Waals surface area contributed by atoms with Crippen LogP contribution >= 0.6 is 0 Å². The second-order valence-corrected chi connectivity index (χ2v) is 10.6. The highest BCUT2D eigenvalue weighted by Gasteiger charge is 2.41. The fourth-order valence-corrected chi connectivity index (χ4v) is 4.58. The quantitative estimate of drug-likeness (QED) is 0.595. The van der Waals surface area contributed by atoms with Gasteiger partial charge in [-0.1, -0.05) is 0 Å². The van der Waals surface area contributed by atoms with E-state index in [0.29, 0.717) is 12.3 Å². The number of nitrogens with zero attached hydrogens (tertiary/aromatic N) is 5. The first kappa shape index (κ1) is 26.1. The van der Waals surface area contributed by atoms with Crippen molar-refractivity contribution in [2.45, 2.75) is 90.2 Å². The predicted molar refractivity (Wildman–Crippen MR) is 128 cm³/mol. The molecule has 0 N–H and O–H groups in total. The highest BCUT2D eigenvalue weighted by molar-refractivity contribution is 5.89. The van der Waals surface area contributed by atoms with Crippen LogP contribution in [0.4, 0.5) is 19.4 Å². The largest absolute Gasteiger partial charge is 0.443 e. The Balaban J connectivity index is 1.83. The van der Waals surface area contributed by atoms with E-state index in [1.165, 1.54) is 4.90 Å². The molecule has 0 aromatic carbocycles. The Morgan fingerprint density at radius 1 is 1.19 bits per heavy atom. The van der Waals surface area contributed by atoms with Crippen molar-refractivity contribution in [1.82, 2.24) is 19.7 Å². The van der Waals surface area contributed by atoms with Crippen LogP contribution in [0.1, 0.15) is 75.9 Å². The monoisotopic (exact) mass is 505 g/mol. The van der Waals surface area contributed by atoms with Crippen molar-refractivity contribution >= 4 is 17.7 Å². The van der Waals surface area contributed by atoms with Gasteiger partial charge in [-0.25, -0.2) is 23.2 Å². The van der Waals surface area contributed by atoms with Crippen molar-refractivity contribution < 1.29 is 27.8 Å². The summed E-state index contributed by atoms with van der Waals surface area (Å²) >= 11 is 0. The third-order valence-electron chi connectivity index (χ3n) is 6.33. The number of ether oxygens (including phenoxy) is 2. The van der Waals surface area contributed by atoms with E-state index >= 15 is 0 Å². The van der Waals surface area contributed by atoms with Gasteiger partial charge in [0.2, 0.25) is 5.92 Å². The molecule has 3 heterocycles. The van der Waals surface area contributed by atoms with Crippen LogP contribution < -0.4 is 4.90 Å². The summed E-state index contributed by atoms with van der Waals surface area (Å²) in [6.07, 6.45) is -0.930. The van der Waals surface area contributed by atoms with E-state index in [1.54, 1.807) is 31.5 Å². The number of aromatic nitrogens is 4. The number of hydrogen-bond acceptors (Lipinski definition) is 7. The number of alkyl halides is 2. The summed E-state index contributed by atoms with van der Waals surface area (Å²) in [4.78, 5) is 36.8. The molecule has 4 rings (SSSR count). The van der Waals surface area contributed by atoms with Crippen LogP contribution in [0.25, 0.3) is 5.95 Å². The SMILES string of the molecule is Cc1cc(C)n(-c2nc(C3COCCC3=O)cc(N(C(=O)OC(C)(C)C)C3CCC(F)(F)CC3)n2)n1. The van der Waals surface area contributed by atoms with E-state index in [0.717, 1.165) is 11.4 Å². The predicted octanol–water partition coefficient (Wildman–Crippen LogP) is 4.67. The van der Waals surface area contributed by atoms with Gasteiger partial charge >= 0.3 is 6.09 Å². The third-order valence-corrected chi connectivity index (χ3v) is 6.33. The first-order chi connectivity index (χ1) is 16.8. The third kappa shape index (κ3) is 5.88. The Morgan fingerprint density at radius 3 is 2.47 bits per heavy atom. The van der Waals surface area contributed by atoms with E-state index in [-0.39, 0.29) is 56.3 Å². The minimum atomic E-state index is -2.77. The van der Waals surface area contributed by atoms with Gasteiger partial charge in [0.1, 0.15) is 17.2 Å². The van der Waals surface area contributed by atoms with Crippen LogP contribution in [0.2, 0.25) is 0 Å². The zero-order chi connectivity index (χ0) is 26.3. The minimum Gasteiger partial charge on any atom is -0.443 e. The lowest BCUT2D eigenvalue weighted by Gasteiger charge is -2.37. The van der Waals surface area contributed by atoms with E-state index < -0.39 is 29.6 Å². The average Bonchev–Trinajstić information content (AvgIpc) is 3.12. The molecule has 1 saturated carbocycles. The smallest absolute Gasteiger partial charge is 0.416 e. The van der Waals surface area contributed by atoms with E-state index in [9.17, 15) is 18.4 Å². The lowest BCUT2D eigenvalue weighted by molar-refractivity contribution is -0.126. The Bertz CT molecular complexity index is 1130. The molecule has 36 heavy (non-hydrogen) atoms. The molecule has 0 spiro atoms. The number of ketones is 1. The normalized spacial score (nSPS) is 20.9. The van der Waals surface area contributed by atoms with Crippen LogP contribution in [0.15, 0.2) is 12.1 Å². The fraction of sp³-hybridized carbons (Fsp3) is 0.640. The molecule has 0 radical (unpaired) electrons. The van der Waals surface area contributed by atoms with Crippen molar-refractivity contribution in [1.29, 1.82) is 0 Å². The van der Waals surface area contributed by atoms with Crippen molar-refractivity contribution in [2.24, 2.45) is 0 Å². The van der Waals surface area contributed by atoms with Crippen molar-refractivity contribution in [3.63, 3.8) is 0 Å². The van der Waals surface area contributed by atoms with Crippen molar-refractivity contribution in [3.8, 4) is 5.95 Å². The summed E-state index contributed by atoms with van der Waals surface area (Å²) in [5.41, 5.74) is 1.10. The maximum absolute atomic E-state index is 14.0. The lowest BCUT2D eigenvalue weighted by atomic mass is 9.91. The molecule has 2 aromatic heterocycles. The summed E-state index contributed by atoms with van der Waals surface area (Å²) in [6, 6.07) is 2.89. The van der Waals surface area contributed by atoms with E-state index in [4.69, 9.17) is 9.47 Å². The second-order valence-electron chi connectivity index (χ2n) is 10.6. The molecule has 1 aliphatic carbocycles. The van der Waals surface area contributed by atoms with Gasteiger partial charge in [0.15, 0.2) is 0 Å². The highest BCUT2D eigenvalue weighted by atomic mass is 19.3. The topological polar surface area (TPSA) is 99.4 Å². The first-order valence-electron chi connectivity index (χ1n) is 12.3. The number of anilines is 1. The summed E-state index contributed by atoms with van der Waals surface area (Å²) < 4.78 is 40.7. The molecule has 2 aromatic rings. The maximum Gasteiger partial charge on any atom is 0.416 e. The fourth-order valence-electron chi connectivity index (χ4n) is 4.58. The van der Waals surface area contributed by atoms with Gasteiger partial charge in [-0.15, -0.1) is 0 Å². The summed E-state index contributed by atoms with van der Waals surface area (Å²) in [5.74, 6) is -3.06. The lowest BCUT2D eigenvalue weighted by Crippen LogP contribution is -2.47. The van der Waals surface area contributed by atoms with Gasteiger partial charge in [0.05, 0.1) is 30.5 Å². The molecule has 1 saturated heterocycles. The van der Waals surface area contributed by atoms with Crippen LogP contribution in [0, 0.1) is 13.8 Å². The minimum absolute atomic E-state index is 0.0219. The molecule has 1 unspecified atom stereocenters. The molecule has 2 fully saturated rings. The average molecular weight is 506 g/mol. The number of hydrogen-bond donors (Lipinski definition) is 0. The van der Waals surface area contributed by atoms with Gasteiger partial charge < -0.3 is 9.47 Å².